The van der Waals surface area contributed by atoms with Crippen molar-refractivity contribution in [2.24, 2.45) is 0 Å². The topological polar surface area (TPSA) is 45.1 Å². The summed E-state index contributed by atoms with van der Waals surface area (Å²) in [5, 5.41) is 13.9. The van der Waals surface area contributed by atoms with E-state index in [1.54, 1.807) is 6.20 Å². The molecule has 0 saturated carbocycles. The zero-order valence-corrected chi connectivity index (χ0v) is 11.8. The molecule has 18 heavy (non-hydrogen) atoms. The Bertz CT molecular complexity index is 321. The van der Waals surface area contributed by atoms with Crippen LogP contribution in [-0.4, -0.2) is 22.2 Å². The molecule has 1 aromatic rings. The molecule has 1 atom stereocenters. The van der Waals surface area contributed by atoms with E-state index in [2.05, 4.69) is 31.1 Å². The summed E-state index contributed by atoms with van der Waals surface area (Å²) in [6.45, 7) is 6.94. The molecule has 1 heterocycles. The van der Waals surface area contributed by atoms with Gasteiger partial charge in [0.05, 0.1) is 11.3 Å². The number of nitrogens with one attached hydrogen (secondary N) is 1. The van der Waals surface area contributed by atoms with Crippen LogP contribution in [0.25, 0.3) is 0 Å². The van der Waals surface area contributed by atoms with E-state index >= 15 is 0 Å². The molecule has 1 aromatic heterocycles. The molecule has 0 bridgehead atoms. The van der Waals surface area contributed by atoms with Gasteiger partial charge in [0.15, 0.2) is 0 Å². The Morgan fingerprint density at radius 2 is 1.94 bits per heavy atom. The van der Waals surface area contributed by atoms with Crippen molar-refractivity contribution in [3.63, 3.8) is 0 Å². The number of pyridine rings is 1. The van der Waals surface area contributed by atoms with Crippen molar-refractivity contribution in [3.05, 3.63) is 30.1 Å². The minimum Gasteiger partial charge on any atom is -0.389 e. The summed E-state index contributed by atoms with van der Waals surface area (Å²) >= 11 is 0. The van der Waals surface area contributed by atoms with Gasteiger partial charge in [-0.15, -0.1) is 0 Å². The predicted octanol–water partition coefficient (Wildman–Crippen LogP) is 3.06. The quantitative estimate of drug-likeness (QED) is 0.745. The summed E-state index contributed by atoms with van der Waals surface area (Å²) < 4.78 is 0. The first-order valence-corrected chi connectivity index (χ1v) is 6.98. The number of hydrogen-bond acceptors (Lipinski definition) is 3. The number of nitrogens with zero attached hydrogens (tertiary/aromatic N) is 1. The van der Waals surface area contributed by atoms with Crippen molar-refractivity contribution >= 4 is 0 Å². The maximum atomic E-state index is 10.5. The highest BCUT2D eigenvalue weighted by Crippen LogP contribution is 2.20. The molecule has 1 rings (SSSR count). The van der Waals surface area contributed by atoms with E-state index in [9.17, 15) is 5.11 Å². The Hall–Kier alpha value is -0.930. The van der Waals surface area contributed by atoms with Gasteiger partial charge < -0.3 is 10.4 Å². The van der Waals surface area contributed by atoms with Gasteiger partial charge in [-0.1, -0.05) is 32.8 Å². The smallest absolute Gasteiger partial charge is 0.0771 e. The fraction of sp³-hybridized carbons (Fsp3) is 0.667. The van der Waals surface area contributed by atoms with E-state index in [0.717, 1.165) is 31.4 Å². The lowest BCUT2D eigenvalue weighted by Crippen LogP contribution is -2.41. The van der Waals surface area contributed by atoms with Gasteiger partial charge in [-0.2, -0.15) is 0 Å². The van der Waals surface area contributed by atoms with E-state index in [1.165, 1.54) is 0 Å². The van der Waals surface area contributed by atoms with Crippen LogP contribution in [-0.2, 0) is 0 Å². The maximum absolute atomic E-state index is 10.5. The zero-order valence-electron chi connectivity index (χ0n) is 11.8. The van der Waals surface area contributed by atoms with Crippen molar-refractivity contribution in [1.82, 2.24) is 10.3 Å². The first-order valence-electron chi connectivity index (χ1n) is 6.98. The lowest BCUT2D eigenvalue weighted by atomic mass is 9.92. The molecule has 3 nitrogen and oxygen atoms in total. The Morgan fingerprint density at radius 3 is 2.44 bits per heavy atom. The standard InChI is InChI=1S/C15H26N2O/c1-4-9-15(18,10-5-2)12-17-13(3)14-8-6-7-11-16-14/h6-8,11,13,17-18H,4-5,9-10,12H2,1-3H3. The summed E-state index contributed by atoms with van der Waals surface area (Å²) in [6, 6.07) is 6.09. The van der Waals surface area contributed by atoms with Crippen LogP contribution in [0.3, 0.4) is 0 Å². The van der Waals surface area contributed by atoms with Gasteiger partial charge in [0.1, 0.15) is 0 Å². The van der Waals surface area contributed by atoms with Crippen LogP contribution < -0.4 is 5.32 Å². The van der Waals surface area contributed by atoms with Crippen molar-refractivity contribution in [2.75, 3.05) is 6.54 Å². The minimum atomic E-state index is -0.577. The largest absolute Gasteiger partial charge is 0.389 e. The molecular weight excluding hydrogens is 224 g/mol. The van der Waals surface area contributed by atoms with E-state index in [1.807, 2.05) is 18.2 Å². The Kier molecular flexibility index (Phi) is 6.30. The van der Waals surface area contributed by atoms with Crippen molar-refractivity contribution in [2.45, 2.75) is 58.1 Å². The Balaban J connectivity index is 2.52. The monoisotopic (exact) mass is 250 g/mol. The van der Waals surface area contributed by atoms with Crippen LogP contribution in [0.5, 0.6) is 0 Å². The van der Waals surface area contributed by atoms with E-state index in [0.29, 0.717) is 6.54 Å². The van der Waals surface area contributed by atoms with Gasteiger partial charge in [0, 0.05) is 18.8 Å². The first-order chi connectivity index (χ1) is 8.61. The highest BCUT2D eigenvalue weighted by molar-refractivity contribution is 5.07. The predicted molar refractivity (Wildman–Crippen MR) is 75.4 cm³/mol. The molecule has 0 aromatic carbocycles. The molecule has 0 radical (unpaired) electrons. The molecule has 0 aliphatic heterocycles. The van der Waals surface area contributed by atoms with Crippen LogP contribution in [0.1, 0.15) is 58.2 Å². The van der Waals surface area contributed by atoms with Gasteiger partial charge in [0.25, 0.3) is 0 Å². The average molecular weight is 250 g/mol. The van der Waals surface area contributed by atoms with Gasteiger partial charge in [-0.25, -0.2) is 0 Å². The van der Waals surface area contributed by atoms with Gasteiger partial charge >= 0.3 is 0 Å². The fourth-order valence-electron chi connectivity index (χ4n) is 2.31. The third-order valence-corrected chi connectivity index (χ3v) is 3.30. The molecule has 0 saturated heterocycles. The summed E-state index contributed by atoms with van der Waals surface area (Å²) in [5.41, 5.74) is 0.444. The second-order valence-corrected chi connectivity index (χ2v) is 5.08. The maximum Gasteiger partial charge on any atom is 0.0771 e. The summed E-state index contributed by atoms with van der Waals surface area (Å²) in [7, 11) is 0. The van der Waals surface area contributed by atoms with Crippen LogP contribution in [0.2, 0.25) is 0 Å². The van der Waals surface area contributed by atoms with Crippen LogP contribution in [0.4, 0.5) is 0 Å². The number of aromatic nitrogens is 1. The number of rotatable bonds is 8. The molecule has 102 valence electrons. The lowest BCUT2D eigenvalue weighted by Gasteiger charge is -2.29. The zero-order chi connectivity index (χ0) is 13.4. The second-order valence-electron chi connectivity index (χ2n) is 5.08. The summed E-state index contributed by atoms with van der Waals surface area (Å²) in [6.07, 6.45) is 5.52. The molecular formula is C15H26N2O. The van der Waals surface area contributed by atoms with Crippen LogP contribution in [0, 0.1) is 0 Å². The summed E-state index contributed by atoms with van der Waals surface area (Å²) in [4.78, 5) is 4.33. The van der Waals surface area contributed by atoms with Gasteiger partial charge in [-0.05, 0) is 31.9 Å². The highest BCUT2D eigenvalue weighted by Gasteiger charge is 2.25. The van der Waals surface area contributed by atoms with E-state index < -0.39 is 5.60 Å². The average Bonchev–Trinajstić information content (AvgIpc) is 2.38. The Morgan fingerprint density at radius 1 is 1.28 bits per heavy atom. The van der Waals surface area contributed by atoms with Gasteiger partial charge in [-0.3, -0.25) is 4.98 Å². The number of hydrogen-bond donors (Lipinski definition) is 2. The first kappa shape index (κ1) is 15.1. The van der Waals surface area contributed by atoms with Crippen molar-refractivity contribution in [1.29, 1.82) is 0 Å². The SMILES string of the molecule is CCCC(O)(CCC)CNC(C)c1ccccn1. The second kappa shape index (κ2) is 7.49. The van der Waals surface area contributed by atoms with E-state index in [4.69, 9.17) is 0 Å². The van der Waals surface area contributed by atoms with Crippen molar-refractivity contribution in [3.8, 4) is 0 Å². The fourth-order valence-corrected chi connectivity index (χ4v) is 2.31. The molecule has 3 heteroatoms. The molecule has 0 fully saturated rings. The molecule has 0 spiro atoms. The van der Waals surface area contributed by atoms with E-state index in [-0.39, 0.29) is 6.04 Å². The minimum absolute atomic E-state index is 0.173. The summed E-state index contributed by atoms with van der Waals surface area (Å²) in [5.74, 6) is 0. The molecule has 1 unspecified atom stereocenters. The van der Waals surface area contributed by atoms with Crippen molar-refractivity contribution < 1.29 is 5.11 Å². The molecule has 2 N–H and O–H groups in total. The normalized spacial score (nSPS) is 13.6. The third-order valence-electron chi connectivity index (χ3n) is 3.30. The molecule has 0 aliphatic carbocycles. The molecule has 0 aliphatic rings. The van der Waals surface area contributed by atoms with Crippen LogP contribution >= 0.6 is 0 Å². The Labute approximate surface area is 111 Å². The third kappa shape index (κ3) is 4.75. The lowest BCUT2D eigenvalue weighted by molar-refractivity contribution is 0.0195. The van der Waals surface area contributed by atoms with Gasteiger partial charge in [0.2, 0.25) is 0 Å². The van der Waals surface area contributed by atoms with Crippen LogP contribution in [0.15, 0.2) is 24.4 Å². The number of aliphatic hydroxyl groups is 1. The molecule has 0 amide bonds. The highest BCUT2D eigenvalue weighted by atomic mass is 16.3.